The molecule has 0 bridgehead atoms. The average molecular weight is 536 g/mol. The SMILES string of the molecule is COc1cc([C@@H]2C(=C(O)c3ccc4c(c3)C[C@@H](C)O4)C(=O)C(=O)N2C[C@@H]2CCCO2)ccc1OCCC(C)C. The Bertz CT molecular complexity index is 1280. The lowest BCUT2D eigenvalue weighted by atomic mass is 9.94. The molecule has 0 saturated carbocycles. The molecule has 5 rings (SSSR count). The van der Waals surface area contributed by atoms with E-state index in [0.717, 1.165) is 30.6 Å². The highest BCUT2D eigenvalue weighted by Crippen LogP contribution is 2.43. The number of Topliss-reactive ketones (excluding diaryl/α,β-unsaturated/α-hetero) is 1. The molecule has 1 amide bonds. The van der Waals surface area contributed by atoms with Gasteiger partial charge < -0.3 is 29.0 Å². The molecule has 8 heteroatoms. The summed E-state index contributed by atoms with van der Waals surface area (Å²) in [6.45, 7) is 7.69. The molecule has 3 aliphatic heterocycles. The smallest absolute Gasteiger partial charge is 0.295 e. The molecule has 3 atom stereocenters. The highest BCUT2D eigenvalue weighted by Gasteiger charge is 2.47. The lowest BCUT2D eigenvalue weighted by molar-refractivity contribution is -0.140. The third-order valence-corrected chi connectivity index (χ3v) is 7.59. The van der Waals surface area contributed by atoms with Crippen LogP contribution >= 0.6 is 0 Å². The molecule has 3 heterocycles. The van der Waals surface area contributed by atoms with Crippen molar-refractivity contribution in [2.75, 3.05) is 26.9 Å². The van der Waals surface area contributed by atoms with Crippen LogP contribution in [0.1, 0.15) is 62.8 Å². The zero-order valence-electron chi connectivity index (χ0n) is 23.1. The minimum Gasteiger partial charge on any atom is -0.507 e. The molecule has 0 radical (unpaired) electrons. The summed E-state index contributed by atoms with van der Waals surface area (Å²) in [5.41, 5.74) is 2.15. The minimum absolute atomic E-state index is 0.0446. The number of fused-ring (bicyclic) bond motifs is 1. The van der Waals surface area contributed by atoms with Gasteiger partial charge in [-0.1, -0.05) is 19.9 Å². The van der Waals surface area contributed by atoms with Crippen molar-refractivity contribution in [3.63, 3.8) is 0 Å². The first kappa shape index (κ1) is 27.1. The minimum atomic E-state index is -0.795. The van der Waals surface area contributed by atoms with Crippen molar-refractivity contribution >= 4 is 17.4 Å². The Balaban J connectivity index is 1.56. The van der Waals surface area contributed by atoms with E-state index in [1.54, 1.807) is 31.4 Å². The third kappa shape index (κ3) is 5.48. The molecule has 2 aromatic carbocycles. The van der Waals surface area contributed by atoms with Gasteiger partial charge in [0.15, 0.2) is 11.5 Å². The van der Waals surface area contributed by atoms with Gasteiger partial charge in [-0.2, -0.15) is 0 Å². The van der Waals surface area contributed by atoms with E-state index in [0.29, 0.717) is 48.2 Å². The summed E-state index contributed by atoms with van der Waals surface area (Å²) in [6, 6.07) is 9.99. The van der Waals surface area contributed by atoms with Gasteiger partial charge in [0, 0.05) is 25.1 Å². The van der Waals surface area contributed by atoms with Gasteiger partial charge in [-0.05, 0) is 73.6 Å². The van der Waals surface area contributed by atoms with E-state index in [4.69, 9.17) is 18.9 Å². The Morgan fingerprint density at radius 1 is 1.15 bits per heavy atom. The van der Waals surface area contributed by atoms with Gasteiger partial charge in [-0.15, -0.1) is 0 Å². The topological polar surface area (TPSA) is 94.5 Å². The number of benzene rings is 2. The van der Waals surface area contributed by atoms with Gasteiger partial charge in [0.2, 0.25) is 0 Å². The zero-order chi connectivity index (χ0) is 27.7. The quantitative estimate of drug-likeness (QED) is 0.273. The maximum Gasteiger partial charge on any atom is 0.295 e. The molecule has 39 heavy (non-hydrogen) atoms. The van der Waals surface area contributed by atoms with Crippen LogP contribution in [0.25, 0.3) is 5.76 Å². The molecule has 0 aliphatic carbocycles. The number of aliphatic hydroxyl groups is 1. The summed E-state index contributed by atoms with van der Waals surface area (Å²) in [5.74, 6) is 0.803. The van der Waals surface area contributed by atoms with Crippen molar-refractivity contribution in [3.05, 3.63) is 58.7 Å². The second kappa shape index (κ2) is 11.3. The molecular formula is C31H37NO7. The van der Waals surface area contributed by atoms with Crippen LogP contribution < -0.4 is 14.2 Å². The molecule has 2 fully saturated rings. The number of carbonyl (C=O) groups is 2. The molecule has 1 N–H and O–H groups in total. The predicted molar refractivity (Wildman–Crippen MR) is 146 cm³/mol. The molecule has 0 unspecified atom stereocenters. The number of likely N-dealkylation sites (tertiary alicyclic amines) is 1. The molecule has 2 aromatic rings. The fourth-order valence-corrected chi connectivity index (χ4v) is 5.53. The summed E-state index contributed by atoms with van der Waals surface area (Å²) >= 11 is 0. The number of aliphatic hydroxyl groups excluding tert-OH is 1. The number of methoxy groups -OCH3 is 1. The van der Waals surface area contributed by atoms with E-state index in [-0.39, 0.29) is 30.1 Å². The lowest BCUT2D eigenvalue weighted by Gasteiger charge is -2.28. The maximum absolute atomic E-state index is 13.5. The Morgan fingerprint density at radius 3 is 2.69 bits per heavy atom. The van der Waals surface area contributed by atoms with Crippen molar-refractivity contribution in [1.29, 1.82) is 0 Å². The van der Waals surface area contributed by atoms with E-state index in [9.17, 15) is 14.7 Å². The molecule has 0 aromatic heterocycles. The zero-order valence-corrected chi connectivity index (χ0v) is 23.1. The Hall–Kier alpha value is -3.52. The molecule has 8 nitrogen and oxygen atoms in total. The standard InChI is InChI=1S/C31H37NO7/c1-18(2)11-13-38-25-10-7-20(16-26(25)36-4)28-27(30(34)31(35)32(28)17-23-6-5-12-37-23)29(33)21-8-9-24-22(15-21)14-19(3)39-24/h7-10,15-16,18-19,23,28,33H,5-6,11-14,17H2,1-4H3/t19-,23+,28-/m1/s1. The first-order valence-electron chi connectivity index (χ1n) is 13.8. The van der Waals surface area contributed by atoms with Gasteiger partial charge in [0.05, 0.1) is 31.4 Å². The van der Waals surface area contributed by atoms with Crippen LogP contribution in [0.15, 0.2) is 42.0 Å². The number of carbonyl (C=O) groups excluding carboxylic acids is 2. The Labute approximate surface area is 229 Å². The first-order chi connectivity index (χ1) is 18.8. The van der Waals surface area contributed by atoms with Crippen molar-refractivity contribution in [2.24, 2.45) is 5.92 Å². The van der Waals surface area contributed by atoms with Gasteiger partial charge in [0.1, 0.15) is 17.6 Å². The van der Waals surface area contributed by atoms with Crippen LogP contribution in [0, 0.1) is 5.92 Å². The fourth-order valence-electron chi connectivity index (χ4n) is 5.53. The second-order valence-electron chi connectivity index (χ2n) is 11.0. The maximum atomic E-state index is 13.5. The van der Waals surface area contributed by atoms with Crippen LogP contribution in [0.3, 0.4) is 0 Å². The monoisotopic (exact) mass is 535 g/mol. The molecular weight excluding hydrogens is 498 g/mol. The summed E-state index contributed by atoms with van der Waals surface area (Å²) in [7, 11) is 1.56. The Morgan fingerprint density at radius 2 is 1.97 bits per heavy atom. The Kier molecular flexibility index (Phi) is 7.84. The summed E-state index contributed by atoms with van der Waals surface area (Å²) in [6.07, 6.45) is 3.21. The van der Waals surface area contributed by atoms with Crippen LogP contribution in [0.2, 0.25) is 0 Å². The van der Waals surface area contributed by atoms with Crippen LogP contribution in [-0.4, -0.2) is 60.8 Å². The fraction of sp³-hybridized carbons (Fsp3) is 0.484. The number of ether oxygens (including phenoxy) is 4. The normalized spacial score (nSPS) is 23.8. The van der Waals surface area contributed by atoms with Gasteiger partial charge in [-0.3, -0.25) is 9.59 Å². The van der Waals surface area contributed by atoms with E-state index < -0.39 is 17.7 Å². The number of rotatable bonds is 9. The first-order valence-corrected chi connectivity index (χ1v) is 13.8. The number of ketones is 1. The van der Waals surface area contributed by atoms with Crippen molar-refractivity contribution in [3.8, 4) is 17.2 Å². The van der Waals surface area contributed by atoms with E-state index in [2.05, 4.69) is 13.8 Å². The van der Waals surface area contributed by atoms with E-state index in [1.807, 2.05) is 19.1 Å². The van der Waals surface area contributed by atoms with Gasteiger partial charge in [-0.25, -0.2) is 0 Å². The summed E-state index contributed by atoms with van der Waals surface area (Å²) < 4.78 is 23.2. The van der Waals surface area contributed by atoms with Crippen molar-refractivity contribution in [2.45, 2.75) is 64.7 Å². The van der Waals surface area contributed by atoms with Crippen LogP contribution in [0.4, 0.5) is 0 Å². The number of hydrogen-bond acceptors (Lipinski definition) is 7. The summed E-state index contributed by atoms with van der Waals surface area (Å²) in [5, 5.41) is 11.5. The molecule has 2 saturated heterocycles. The van der Waals surface area contributed by atoms with Crippen LogP contribution in [0.5, 0.6) is 17.2 Å². The predicted octanol–water partition coefficient (Wildman–Crippen LogP) is 5.04. The van der Waals surface area contributed by atoms with Gasteiger partial charge >= 0.3 is 0 Å². The highest BCUT2D eigenvalue weighted by atomic mass is 16.5. The average Bonchev–Trinajstić information content (AvgIpc) is 3.62. The van der Waals surface area contributed by atoms with Crippen molar-refractivity contribution < 1.29 is 33.6 Å². The molecule has 3 aliphatic rings. The second-order valence-corrected chi connectivity index (χ2v) is 11.0. The van der Waals surface area contributed by atoms with Crippen LogP contribution in [-0.2, 0) is 20.7 Å². The van der Waals surface area contributed by atoms with E-state index >= 15 is 0 Å². The molecule has 0 spiro atoms. The number of nitrogens with zero attached hydrogens (tertiary/aromatic N) is 1. The number of hydrogen-bond donors (Lipinski definition) is 1. The third-order valence-electron chi connectivity index (χ3n) is 7.59. The number of amides is 1. The molecule has 208 valence electrons. The van der Waals surface area contributed by atoms with Crippen molar-refractivity contribution in [1.82, 2.24) is 4.90 Å². The highest BCUT2D eigenvalue weighted by molar-refractivity contribution is 6.46. The largest absolute Gasteiger partial charge is 0.507 e. The van der Waals surface area contributed by atoms with Gasteiger partial charge in [0.25, 0.3) is 11.7 Å². The lowest BCUT2D eigenvalue weighted by Crippen LogP contribution is -2.36. The van der Waals surface area contributed by atoms with E-state index in [1.165, 1.54) is 4.90 Å². The summed E-state index contributed by atoms with van der Waals surface area (Å²) in [4.78, 5) is 28.4.